The quantitative estimate of drug-likeness (QED) is 0.333. The van der Waals surface area contributed by atoms with E-state index < -0.39 is 17.0 Å². The van der Waals surface area contributed by atoms with Gasteiger partial charge >= 0.3 is 6.09 Å². The first kappa shape index (κ1) is 25.2. The minimum Gasteiger partial charge on any atom is -0.444 e. The molecular weight excluding hydrogens is 510 g/mol. The number of hydrogen-bond acceptors (Lipinski definition) is 5. The Balaban J connectivity index is 1.34. The number of hydrogen-bond donors (Lipinski definition) is 1. The van der Waals surface area contributed by atoms with Gasteiger partial charge in [-0.3, -0.25) is 4.72 Å². The number of nitrogens with zero attached hydrogens (tertiary/aromatic N) is 1. The zero-order chi connectivity index (χ0) is 25.4. The summed E-state index contributed by atoms with van der Waals surface area (Å²) in [6.07, 6.45) is 0.456. The summed E-state index contributed by atoms with van der Waals surface area (Å²) in [5, 5.41) is 0.0626. The molecule has 0 saturated carbocycles. The van der Waals surface area contributed by atoms with Crippen LogP contribution in [0.2, 0.25) is 10.0 Å². The standard InChI is InChI=1S/C26H29Cl2FN2O3S/c1-23(2,3)34-22(32)31-13-26(14-31)18-7-6-16(8-15(18)11-33-26)24(4)12-25(5,35-30-24)17-9-19(27)21(29)20(28)10-17/h6-10,30H,11-14H2,1-5H3. The largest absolute Gasteiger partial charge is 0.444 e. The van der Waals surface area contributed by atoms with Crippen LogP contribution in [-0.2, 0) is 32.0 Å². The lowest BCUT2D eigenvalue weighted by Gasteiger charge is -2.47. The third kappa shape index (κ3) is 4.33. The lowest BCUT2D eigenvalue weighted by atomic mass is 9.79. The second-order valence-electron chi connectivity index (χ2n) is 11.2. The Morgan fingerprint density at radius 2 is 1.80 bits per heavy atom. The van der Waals surface area contributed by atoms with Crippen molar-refractivity contribution < 1.29 is 18.7 Å². The SMILES string of the molecule is CC(C)(C)OC(=O)N1CC2(C1)OCc1cc(C3(C)CC(C)(c4cc(Cl)c(F)c(Cl)c4)SN3)ccc12. The number of ether oxygens (including phenoxy) is 2. The average molecular weight is 540 g/mol. The molecule has 2 aromatic rings. The predicted molar refractivity (Wildman–Crippen MR) is 137 cm³/mol. The third-order valence-electron chi connectivity index (χ3n) is 7.07. The van der Waals surface area contributed by atoms with E-state index in [4.69, 9.17) is 32.7 Å². The third-order valence-corrected chi connectivity index (χ3v) is 9.00. The summed E-state index contributed by atoms with van der Waals surface area (Å²) in [5.41, 5.74) is 3.01. The molecule has 2 aromatic carbocycles. The molecular formula is C26H29Cl2FN2O3S. The number of rotatable bonds is 2. The molecule has 1 N–H and O–H groups in total. The van der Waals surface area contributed by atoms with E-state index in [1.54, 1.807) is 29.0 Å². The summed E-state index contributed by atoms with van der Waals surface area (Å²) >= 11 is 13.8. The fourth-order valence-electron chi connectivity index (χ4n) is 5.24. The number of carbonyl (C=O) groups is 1. The van der Waals surface area contributed by atoms with Crippen molar-refractivity contribution in [2.45, 2.75) is 69.1 Å². The van der Waals surface area contributed by atoms with E-state index in [0.29, 0.717) is 19.7 Å². The van der Waals surface area contributed by atoms with Gasteiger partial charge in [0, 0.05) is 0 Å². The van der Waals surface area contributed by atoms with Gasteiger partial charge in [0.25, 0.3) is 0 Å². The van der Waals surface area contributed by atoms with Crippen molar-refractivity contribution in [3.8, 4) is 0 Å². The van der Waals surface area contributed by atoms with Crippen LogP contribution in [0.5, 0.6) is 0 Å². The molecule has 2 atom stereocenters. The Morgan fingerprint density at radius 1 is 1.14 bits per heavy atom. The number of halogens is 3. The van der Waals surface area contributed by atoms with Gasteiger partial charge in [-0.05, 0) is 75.4 Å². The van der Waals surface area contributed by atoms with Crippen LogP contribution >= 0.6 is 35.1 Å². The molecule has 3 heterocycles. The van der Waals surface area contributed by atoms with Crippen molar-refractivity contribution in [2.24, 2.45) is 0 Å². The molecule has 35 heavy (non-hydrogen) atoms. The number of amides is 1. The van der Waals surface area contributed by atoms with Crippen LogP contribution in [0, 0.1) is 5.82 Å². The second kappa shape index (κ2) is 8.25. The Hall–Kier alpha value is -1.51. The normalized spacial score (nSPS) is 27.1. The van der Waals surface area contributed by atoms with E-state index in [2.05, 4.69) is 36.8 Å². The summed E-state index contributed by atoms with van der Waals surface area (Å²) in [4.78, 5) is 14.1. The van der Waals surface area contributed by atoms with Crippen molar-refractivity contribution in [3.05, 3.63) is 68.4 Å². The number of fused-ring (bicyclic) bond motifs is 2. The van der Waals surface area contributed by atoms with Gasteiger partial charge in [-0.25, -0.2) is 9.18 Å². The van der Waals surface area contributed by atoms with Crippen LogP contribution < -0.4 is 4.72 Å². The Morgan fingerprint density at radius 3 is 2.43 bits per heavy atom. The molecule has 5 rings (SSSR count). The first-order valence-electron chi connectivity index (χ1n) is 11.6. The summed E-state index contributed by atoms with van der Waals surface area (Å²) in [5.74, 6) is -0.590. The minimum absolute atomic E-state index is 0.0313. The number of nitrogens with one attached hydrogen (secondary N) is 1. The highest BCUT2D eigenvalue weighted by atomic mass is 35.5. The number of likely N-dealkylation sites (tertiary alicyclic amines) is 1. The fraction of sp³-hybridized carbons (Fsp3) is 0.500. The van der Waals surface area contributed by atoms with Gasteiger partial charge in [0.1, 0.15) is 11.2 Å². The topological polar surface area (TPSA) is 50.8 Å². The summed E-state index contributed by atoms with van der Waals surface area (Å²) < 4.78 is 28.9. The maximum Gasteiger partial charge on any atom is 0.410 e. The van der Waals surface area contributed by atoms with E-state index in [1.807, 2.05) is 20.8 Å². The van der Waals surface area contributed by atoms with Crippen molar-refractivity contribution >= 4 is 41.2 Å². The maximum absolute atomic E-state index is 14.0. The highest BCUT2D eigenvalue weighted by Crippen LogP contribution is 2.53. The molecule has 3 aliphatic heterocycles. The highest BCUT2D eigenvalue weighted by molar-refractivity contribution is 7.98. The molecule has 2 unspecified atom stereocenters. The first-order valence-corrected chi connectivity index (χ1v) is 13.2. The molecule has 188 valence electrons. The molecule has 1 amide bonds. The lowest BCUT2D eigenvalue weighted by Crippen LogP contribution is -2.61. The Kier molecular flexibility index (Phi) is 5.93. The molecule has 0 aromatic heterocycles. The van der Waals surface area contributed by atoms with Crippen LogP contribution in [-0.4, -0.2) is 29.7 Å². The molecule has 3 aliphatic rings. The molecule has 2 saturated heterocycles. The van der Waals surface area contributed by atoms with Gasteiger partial charge in [0.05, 0.1) is 40.0 Å². The van der Waals surface area contributed by atoms with E-state index in [0.717, 1.165) is 28.7 Å². The fourth-order valence-corrected chi connectivity index (χ4v) is 6.96. The monoisotopic (exact) mass is 538 g/mol. The van der Waals surface area contributed by atoms with Gasteiger partial charge in [-0.1, -0.05) is 53.3 Å². The zero-order valence-electron chi connectivity index (χ0n) is 20.4. The van der Waals surface area contributed by atoms with Gasteiger partial charge < -0.3 is 14.4 Å². The maximum atomic E-state index is 14.0. The Bertz CT molecular complexity index is 1190. The molecule has 0 bridgehead atoms. The van der Waals surface area contributed by atoms with E-state index in [1.165, 1.54) is 0 Å². The molecule has 2 fully saturated rings. The second-order valence-corrected chi connectivity index (χ2v) is 13.3. The van der Waals surface area contributed by atoms with Crippen LogP contribution in [0.15, 0.2) is 30.3 Å². The predicted octanol–water partition coefficient (Wildman–Crippen LogP) is 6.88. The van der Waals surface area contributed by atoms with Gasteiger partial charge in [0.15, 0.2) is 5.82 Å². The molecule has 1 spiro atoms. The summed E-state index contributed by atoms with van der Waals surface area (Å²) in [6, 6.07) is 9.79. The van der Waals surface area contributed by atoms with Crippen molar-refractivity contribution in [3.63, 3.8) is 0 Å². The van der Waals surface area contributed by atoms with E-state index in [9.17, 15) is 9.18 Å². The van der Waals surface area contributed by atoms with Crippen LogP contribution in [0.25, 0.3) is 0 Å². The smallest absolute Gasteiger partial charge is 0.410 e. The zero-order valence-corrected chi connectivity index (χ0v) is 22.8. The van der Waals surface area contributed by atoms with Crippen molar-refractivity contribution in [1.82, 2.24) is 9.62 Å². The molecule has 0 radical (unpaired) electrons. The molecule has 5 nitrogen and oxygen atoms in total. The average Bonchev–Trinajstić information content (AvgIpc) is 3.28. The summed E-state index contributed by atoms with van der Waals surface area (Å²) in [7, 11) is 0. The van der Waals surface area contributed by atoms with Gasteiger partial charge in [0.2, 0.25) is 0 Å². The number of carbonyl (C=O) groups excluding carboxylic acids is 1. The van der Waals surface area contributed by atoms with Gasteiger partial charge in [-0.2, -0.15) is 0 Å². The van der Waals surface area contributed by atoms with Gasteiger partial charge in [-0.15, -0.1) is 0 Å². The lowest BCUT2D eigenvalue weighted by molar-refractivity contribution is -0.137. The van der Waals surface area contributed by atoms with Crippen LogP contribution in [0.4, 0.5) is 9.18 Å². The van der Waals surface area contributed by atoms with Crippen molar-refractivity contribution in [2.75, 3.05) is 13.1 Å². The minimum atomic E-state index is -0.590. The van der Waals surface area contributed by atoms with Crippen LogP contribution in [0.1, 0.15) is 63.3 Å². The van der Waals surface area contributed by atoms with E-state index in [-0.39, 0.29) is 26.4 Å². The Labute approximate surface area is 219 Å². The van der Waals surface area contributed by atoms with E-state index >= 15 is 0 Å². The van der Waals surface area contributed by atoms with Crippen molar-refractivity contribution in [1.29, 1.82) is 0 Å². The first-order chi connectivity index (χ1) is 16.2. The number of benzene rings is 2. The summed E-state index contributed by atoms with van der Waals surface area (Å²) in [6.45, 7) is 11.4. The molecule has 9 heteroatoms. The highest BCUT2D eigenvalue weighted by Gasteiger charge is 2.53. The molecule has 0 aliphatic carbocycles. The van der Waals surface area contributed by atoms with Crippen LogP contribution in [0.3, 0.4) is 0 Å².